The Morgan fingerprint density at radius 1 is 1.24 bits per heavy atom. The SMILES string of the molecule is NNC(C1=CCCCCC1)c1cccc(F)c1. The molecule has 0 amide bonds. The second-order valence-corrected chi connectivity index (χ2v) is 4.53. The van der Waals surface area contributed by atoms with Gasteiger partial charge >= 0.3 is 0 Å². The molecule has 1 aliphatic rings. The van der Waals surface area contributed by atoms with Crippen LogP contribution >= 0.6 is 0 Å². The molecular weight excluding hydrogens is 215 g/mol. The molecule has 3 N–H and O–H groups in total. The second kappa shape index (κ2) is 5.94. The topological polar surface area (TPSA) is 38.0 Å². The number of nitrogens with two attached hydrogens (primary N) is 1. The molecule has 0 saturated carbocycles. The van der Waals surface area contributed by atoms with Gasteiger partial charge in [0, 0.05) is 0 Å². The third-order valence-electron chi connectivity index (χ3n) is 3.30. The molecule has 2 rings (SSSR count). The van der Waals surface area contributed by atoms with E-state index < -0.39 is 0 Å². The second-order valence-electron chi connectivity index (χ2n) is 4.53. The predicted octanol–water partition coefficient (Wildman–Crippen LogP) is 3.22. The number of rotatable bonds is 3. The normalized spacial score (nSPS) is 18.4. The highest BCUT2D eigenvalue weighted by Gasteiger charge is 2.16. The van der Waals surface area contributed by atoms with Gasteiger partial charge in [0.15, 0.2) is 0 Å². The first-order valence-corrected chi connectivity index (χ1v) is 6.22. The monoisotopic (exact) mass is 234 g/mol. The Hall–Kier alpha value is -1.19. The molecule has 0 bridgehead atoms. The molecule has 1 aromatic rings. The zero-order valence-corrected chi connectivity index (χ0v) is 9.95. The van der Waals surface area contributed by atoms with Gasteiger partial charge < -0.3 is 0 Å². The van der Waals surface area contributed by atoms with Gasteiger partial charge in [0.25, 0.3) is 0 Å². The van der Waals surface area contributed by atoms with Crippen molar-refractivity contribution in [2.75, 3.05) is 0 Å². The van der Waals surface area contributed by atoms with Gasteiger partial charge in [-0.15, -0.1) is 0 Å². The average Bonchev–Trinajstić information content (AvgIpc) is 2.59. The van der Waals surface area contributed by atoms with E-state index in [0.717, 1.165) is 18.4 Å². The van der Waals surface area contributed by atoms with Crippen LogP contribution in [0.4, 0.5) is 4.39 Å². The molecule has 0 radical (unpaired) electrons. The fraction of sp³-hybridized carbons (Fsp3) is 0.429. The molecule has 1 atom stereocenters. The molecule has 1 unspecified atom stereocenters. The largest absolute Gasteiger partial charge is 0.271 e. The third kappa shape index (κ3) is 3.14. The molecule has 0 aliphatic heterocycles. The maximum absolute atomic E-state index is 13.2. The average molecular weight is 234 g/mol. The Morgan fingerprint density at radius 3 is 2.88 bits per heavy atom. The maximum atomic E-state index is 13.2. The van der Waals surface area contributed by atoms with Crippen molar-refractivity contribution in [2.45, 2.75) is 38.1 Å². The molecule has 0 heterocycles. The van der Waals surface area contributed by atoms with E-state index in [1.165, 1.54) is 30.9 Å². The van der Waals surface area contributed by atoms with Gasteiger partial charge in [-0.1, -0.05) is 30.2 Å². The molecule has 0 fully saturated rings. The first kappa shape index (κ1) is 12.3. The van der Waals surface area contributed by atoms with Crippen LogP contribution in [0.15, 0.2) is 35.9 Å². The van der Waals surface area contributed by atoms with Gasteiger partial charge in [0.1, 0.15) is 5.82 Å². The Bertz CT molecular complexity index is 401. The van der Waals surface area contributed by atoms with Crippen LogP contribution in [0, 0.1) is 5.82 Å². The molecule has 92 valence electrons. The lowest BCUT2D eigenvalue weighted by molar-refractivity contribution is 0.581. The van der Waals surface area contributed by atoms with Crippen molar-refractivity contribution in [3.63, 3.8) is 0 Å². The van der Waals surface area contributed by atoms with E-state index in [2.05, 4.69) is 11.5 Å². The van der Waals surface area contributed by atoms with Crippen LogP contribution in [-0.2, 0) is 0 Å². The first-order chi connectivity index (χ1) is 8.31. The highest BCUT2D eigenvalue weighted by Crippen LogP contribution is 2.28. The number of hydrogen-bond acceptors (Lipinski definition) is 2. The predicted molar refractivity (Wildman–Crippen MR) is 67.6 cm³/mol. The van der Waals surface area contributed by atoms with Gasteiger partial charge in [0.2, 0.25) is 0 Å². The summed E-state index contributed by atoms with van der Waals surface area (Å²) < 4.78 is 13.2. The van der Waals surface area contributed by atoms with E-state index >= 15 is 0 Å². The van der Waals surface area contributed by atoms with E-state index in [0.29, 0.717) is 0 Å². The number of hydrogen-bond donors (Lipinski definition) is 2. The van der Waals surface area contributed by atoms with Crippen LogP contribution < -0.4 is 11.3 Å². The van der Waals surface area contributed by atoms with Crippen LogP contribution in [0.3, 0.4) is 0 Å². The smallest absolute Gasteiger partial charge is 0.123 e. The number of allylic oxidation sites excluding steroid dienone is 1. The van der Waals surface area contributed by atoms with Gasteiger partial charge in [0.05, 0.1) is 6.04 Å². The summed E-state index contributed by atoms with van der Waals surface area (Å²) in [4.78, 5) is 0. The minimum atomic E-state index is -0.211. The number of nitrogens with one attached hydrogen (secondary N) is 1. The van der Waals surface area contributed by atoms with Crippen molar-refractivity contribution in [1.29, 1.82) is 0 Å². The summed E-state index contributed by atoms with van der Waals surface area (Å²) in [7, 11) is 0. The van der Waals surface area contributed by atoms with Gasteiger partial charge in [-0.05, 0) is 43.4 Å². The Balaban J connectivity index is 2.23. The van der Waals surface area contributed by atoms with E-state index in [1.807, 2.05) is 6.07 Å². The highest BCUT2D eigenvalue weighted by atomic mass is 19.1. The van der Waals surface area contributed by atoms with Crippen molar-refractivity contribution in [2.24, 2.45) is 5.84 Å². The summed E-state index contributed by atoms with van der Waals surface area (Å²) in [6.07, 6.45) is 8.10. The third-order valence-corrected chi connectivity index (χ3v) is 3.30. The molecular formula is C14H19FN2. The molecule has 0 aromatic heterocycles. The zero-order chi connectivity index (χ0) is 12.1. The van der Waals surface area contributed by atoms with Gasteiger partial charge in [-0.2, -0.15) is 0 Å². The lowest BCUT2D eigenvalue weighted by Gasteiger charge is -2.19. The fourth-order valence-electron chi connectivity index (χ4n) is 2.41. The van der Waals surface area contributed by atoms with Crippen LogP contribution in [0.25, 0.3) is 0 Å². The van der Waals surface area contributed by atoms with Crippen molar-refractivity contribution in [3.8, 4) is 0 Å². The van der Waals surface area contributed by atoms with Crippen LogP contribution in [0.5, 0.6) is 0 Å². The molecule has 1 aromatic carbocycles. The minimum absolute atomic E-state index is 0.0520. The molecule has 0 saturated heterocycles. The van der Waals surface area contributed by atoms with Crippen molar-refractivity contribution in [1.82, 2.24) is 5.43 Å². The van der Waals surface area contributed by atoms with Crippen LogP contribution in [-0.4, -0.2) is 0 Å². The van der Waals surface area contributed by atoms with Crippen molar-refractivity contribution in [3.05, 3.63) is 47.3 Å². The highest BCUT2D eigenvalue weighted by molar-refractivity contribution is 5.28. The minimum Gasteiger partial charge on any atom is -0.271 e. The number of benzene rings is 1. The summed E-state index contributed by atoms with van der Waals surface area (Å²) in [6, 6.07) is 6.60. The number of halogens is 1. The van der Waals surface area contributed by atoms with Crippen molar-refractivity contribution < 1.29 is 4.39 Å². The molecule has 2 nitrogen and oxygen atoms in total. The lowest BCUT2D eigenvalue weighted by Crippen LogP contribution is -2.29. The van der Waals surface area contributed by atoms with Crippen LogP contribution in [0.2, 0.25) is 0 Å². The first-order valence-electron chi connectivity index (χ1n) is 6.22. The Labute approximate surface area is 102 Å². The summed E-state index contributed by atoms with van der Waals surface area (Å²) in [5.74, 6) is 5.41. The Kier molecular flexibility index (Phi) is 4.29. The lowest BCUT2D eigenvalue weighted by atomic mass is 9.95. The summed E-state index contributed by atoms with van der Waals surface area (Å²) >= 11 is 0. The zero-order valence-electron chi connectivity index (χ0n) is 9.95. The van der Waals surface area contributed by atoms with Crippen molar-refractivity contribution >= 4 is 0 Å². The fourth-order valence-corrected chi connectivity index (χ4v) is 2.41. The molecule has 0 spiro atoms. The summed E-state index contributed by atoms with van der Waals surface area (Å²) in [5, 5.41) is 0. The van der Waals surface area contributed by atoms with E-state index in [4.69, 9.17) is 5.84 Å². The van der Waals surface area contributed by atoms with Gasteiger partial charge in [-0.25, -0.2) is 9.82 Å². The van der Waals surface area contributed by atoms with Crippen LogP contribution in [0.1, 0.15) is 43.7 Å². The standard InChI is InChI=1S/C14H19FN2/c15-13-9-5-8-12(10-13)14(17-16)11-6-3-1-2-4-7-11/h5-6,8-10,14,17H,1-4,7,16H2. The summed E-state index contributed by atoms with van der Waals surface area (Å²) in [6.45, 7) is 0. The van der Waals surface area contributed by atoms with Gasteiger partial charge in [-0.3, -0.25) is 5.84 Å². The number of hydrazine groups is 1. The van der Waals surface area contributed by atoms with E-state index in [9.17, 15) is 4.39 Å². The molecule has 17 heavy (non-hydrogen) atoms. The van der Waals surface area contributed by atoms with E-state index in [-0.39, 0.29) is 11.9 Å². The van der Waals surface area contributed by atoms with E-state index in [1.54, 1.807) is 12.1 Å². The molecule has 3 heteroatoms. The quantitative estimate of drug-likeness (QED) is 0.479. The Morgan fingerprint density at radius 2 is 2.12 bits per heavy atom. The summed E-state index contributed by atoms with van der Waals surface area (Å²) in [5.41, 5.74) is 5.00. The molecule has 1 aliphatic carbocycles. The maximum Gasteiger partial charge on any atom is 0.123 e.